The summed E-state index contributed by atoms with van der Waals surface area (Å²) in [5.74, 6) is 0. The molecule has 0 saturated carbocycles. The zero-order valence-corrected chi connectivity index (χ0v) is 19.6. The molecule has 3 N–H and O–H groups in total. The summed E-state index contributed by atoms with van der Waals surface area (Å²) in [7, 11) is 0. The van der Waals surface area contributed by atoms with Crippen LogP contribution in [0, 0.1) is 0 Å². The SMILES string of the molecule is CCC(NCCc1ccc(N=NCc2cncc(C(C)(C)O)c2)cc1)C(O)c1ccccc1. The zero-order chi connectivity index (χ0) is 23.7. The molecule has 6 heteroatoms. The fourth-order valence-electron chi connectivity index (χ4n) is 3.60. The molecule has 0 aliphatic carbocycles. The van der Waals surface area contributed by atoms with Crippen molar-refractivity contribution in [2.24, 2.45) is 10.2 Å². The van der Waals surface area contributed by atoms with Gasteiger partial charge in [-0.15, -0.1) is 0 Å². The van der Waals surface area contributed by atoms with Gasteiger partial charge in [0.05, 0.1) is 23.9 Å². The van der Waals surface area contributed by atoms with Crippen molar-refractivity contribution in [3.63, 3.8) is 0 Å². The summed E-state index contributed by atoms with van der Waals surface area (Å²) in [5, 5.41) is 32.8. The first-order valence-corrected chi connectivity index (χ1v) is 11.5. The van der Waals surface area contributed by atoms with Gasteiger partial charge in [-0.2, -0.15) is 10.2 Å². The minimum Gasteiger partial charge on any atom is -0.387 e. The number of hydrogen-bond donors (Lipinski definition) is 3. The Morgan fingerprint density at radius 3 is 2.39 bits per heavy atom. The maximum atomic E-state index is 10.6. The minimum atomic E-state index is -0.929. The maximum absolute atomic E-state index is 10.6. The highest BCUT2D eigenvalue weighted by Gasteiger charge is 2.18. The Labute approximate surface area is 196 Å². The van der Waals surface area contributed by atoms with Crippen LogP contribution in [0.25, 0.3) is 0 Å². The standard InChI is InChI=1S/C27H34N4O2/c1-4-25(26(32)22-8-6-5-7-9-22)29-15-14-20-10-12-24(13-11-20)31-30-18-21-16-23(19-28-17-21)27(2,3)33/h5-13,16-17,19,25-26,29,32-33H,4,14-15,18H2,1-3H3. The number of aliphatic hydroxyl groups is 2. The number of hydrogen-bond acceptors (Lipinski definition) is 6. The van der Waals surface area contributed by atoms with Crippen LogP contribution in [0.4, 0.5) is 5.69 Å². The summed E-state index contributed by atoms with van der Waals surface area (Å²) in [6.45, 7) is 6.75. The van der Waals surface area contributed by atoms with Crippen LogP contribution in [0.15, 0.2) is 83.3 Å². The van der Waals surface area contributed by atoms with Gasteiger partial charge in [0, 0.05) is 24.0 Å². The van der Waals surface area contributed by atoms with E-state index in [0.717, 1.165) is 41.8 Å². The number of nitrogens with one attached hydrogen (secondary N) is 1. The van der Waals surface area contributed by atoms with E-state index in [1.54, 1.807) is 26.2 Å². The van der Waals surface area contributed by atoms with Crippen LogP contribution in [-0.2, 0) is 18.6 Å². The Hall–Kier alpha value is -2.93. The molecule has 1 aromatic heterocycles. The molecule has 0 amide bonds. The van der Waals surface area contributed by atoms with Crippen molar-refractivity contribution in [3.05, 3.63) is 95.3 Å². The van der Waals surface area contributed by atoms with Crippen LogP contribution in [0.1, 0.15) is 55.5 Å². The highest BCUT2D eigenvalue weighted by atomic mass is 16.3. The lowest BCUT2D eigenvalue weighted by atomic mass is 9.99. The average Bonchev–Trinajstić information content (AvgIpc) is 2.83. The van der Waals surface area contributed by atoms with Gasteiger partial charge >= 0.3 is 0 Å². The van der Waals surface area contributed by atoms with Gasteiger partial charge < -0.3 is 15.5 Å². The average molecular weight is 447 g/mol. The second-order valence-corrected chi connectivity index (χ2v) is 8.78. The summed E-state index contributed by atoms with van der Waals surface area (Å²) < 4.78 is 0. The van der Waals surface area contributed by atoms with Crippen molar-refractivity contribution in [3.8, 4) is 0 Å². The van der Waals surface area contributed by atoms with Gasteiger partial charge in [0.15, 0.2) is 0 Å². The fourth-order valence-corrected chi connectivity index (χ4v) is 3.60. The van der Waals surface area contributed by atoms with E-state index in [2.05, 4.69) is 39.6 Å². The van der Waals surface area contributed by atoms with Gasteiger partial charge in [-0.3, -0.25) is 4.98 Å². The van der Waals surface area contributed by atoms with Crippen molar-refractivity contribution in [2.45, 2.75) is 57.9 Å². The van der Waals surface area contributed by atoms with E-state index < -0.39 is 11.7 Å². The first kappa shape index (κ1) is 24.7. The van der Waals surface area contributed by atoms with E-state index >= 15 is 0 Å². The number of benzene rings is 2. The first-order chi connectivity index (χ1) is 15.9. The molecule has 33 heavy (non-hydrogen) atoms. The van der Waals surface area contributed by atoms with E-state index in [0.29, 0.717) is 6.54 Å². The third-order valence-corrected chi connectivity index (χ3v) is 5.66. The van der Waals surface area contributed by atoms with Crippen molar-refractivity contribution in [1.29, 1.82) is 0 Å². The quantitative estimate of drug-likeness (QED) is 0.352. The number of rotatable bonds is 11. The molecule has 0 aliphatic rings. The number of nitrogens with zero attached hydrogens (tertiary/aromatic N) is 3. The Kier molecular flexibility index (Phi) is 8.83. The molecule has 0 spiro atoms. The van der Waals surface area contributed by atoms with Crippen LogP contribution in [0.2, 0.25) is 0 Å². The van der Waals surface area contributed by atoms with E-state index in [4.69, 9.17) is 0 Å². The predicted molar refractivity (Wildman–Crippen MR) is 131 cm³/mol. The minimum absolute atomic E-state index is 0.0184. The highest BCUT2D eigenvalue weighted by Crippen LogP contribution is 2.21. The predicted octanol–water partition coefficient (Wildman–Crippen LogP) is 5.24. The van der Waals surface area contributed by atoms with Crippen molar-refractivity contribution < 1.29 is 10.2 Å². The largest absolute Gasteiger partial charge is 0.387 e. The normalized spacial score (nSPS) is 13.8. The second-order valence-electron chi connectivity index (χ2n) is 8.78. The topological polar surface area (TPSA) is 90.1 Å². The van der Waals surface area contributed by atoms with Crippen molar-refractivity contribution >= 4 is 5.69 Å². The molecule has 2 atom stereocenters. The lowest BCUT2D eigenvalue weighted by molar-refractivity contribution is 0.0781. The van der Waals surface area contributed by atoms with E-state index in [9.17, 15) is 10.2 Å². The molecule has 3 aromatic rings. The number of pyridine rings is 1. The van der Waals surface area contributed by atoms with Crippen molar-refractivity contribution in [2.75, 3.05) is 6.54 Å². The molecule has 174 valence electrons. The summed E-state index contributed by atoms with van der Waals surface area (Å²) in [4.78, 5) is 4.18. The van der Waals surface area contributed by atoms with Gasteiger partial charge in [-0.05, 0) is 68.1 Å². The number of aliphatic hydroxyl groups excluding tert-OH is 1. The summed E-state index contributed by atoms with van der Waals surface area (Å²) >= 11 is 0. The molecule has 0 radical (unpaired) electrons. The Balaban J connectivity index is 1.48. The van der Waals surface area contributed by atoms with Crippen LogP contribution in [0.3, 0.4) is 0 Å². The lowest BCUT2D eigenvalue weighted by Gasteiger charge is -2.23. The third-order valence-electron chi connectivity index (χ3n) is 5.66. The van der Waals surface area contributed by atoms with Crippen LogP contribution in [0.5, 0.6) is 0 Å². The van der Waals surface area contributed by atoms with Crippen LogP contribution >= 0.6 is 0 Å². The van der Waals surface area contributed by atoms with E-state index in [1.165, 1.54) is 5.56 Å². The van der Waals surface area contributed by atoms with E-state index in [-0.39, 0.29) is 6.04 Å². The van der Waals surface area contributed by atoms with Gasteiger partial charge in [-0.25, -0.2) is 0 Å². The summed E-state index contributed by atoms with van der Waals surface area (Å²) in [6.07, 6.45) is 4.61. The summed E-state index contributed by atoms with van der Waals surface area (Å²) in [6, 6.07) is 19.7. The molecule has 6 nitrogen and oxygen atoms in total. The molecule has 0 aliphatic heterocycles. The van der Waals surface area contributed by atoms with Gasteiger partial charge in [0.2, 0.25) is 0 Å². The molecule has 2 aromatic carbocycles. The van der Waals surface area contributed by atoms with Gasteiger partial charge in [0.25, 0.3) is 0 Å². The second kappa shape index (κ2) is 11.8. The van der Waals surface area contributed by atoms with Gasteiger partial charge in [-0.1, -0.05) is 49.4 Å². The summed E-state index contributed by atoms with van der Waals surface area (Å²) in [5.41, 5.74) is 3.67. The fraction of sp³-hybridized carbons (Fsp3) is 0.370. The Morgan fingerprint density at radius 2 is 1.73 bits per heavy atom. The van der Waals surface area contributed by atoms with Crippen LogP contribution in [-0.4, -0.2) is 27.8 Å². The first-order valence-electron chi connectivity index (χ1n) is 11.5. The lowest BCUT2D eigenvalue weighted by Crippen LogP contribution is -2.35. The molecular formula is C27H34N4O2. The molecule has 1 heterocycles. The zero-order valence-electron chi connectivity index (χ0n) is 19.6. The Morgan fingerprint density at radius 1 is 1.00 bits per heavy atom. The highest BCUT2D eigenvalue weighted by molar-refractivity contribution is 5.38. The third kappa shape index (κ3) is 7.56. The molecular weight excluding hydrogens is 412 g/mol. The van der Waals surface area contributed by atoms with Crippen LogP contribution < -0.4 is 5.32 Å². The molecule has 0 bridgehead atoms. The molecule has 2 unspecified atom stereocenters. The molecule has 0 fully saturated rings. The Bertz CT molecular complexity index is 1010. The maximum Gasteiger partial charge on any atom is 0.0942 e. The monoisotopic (exact) mass is 446 g/mol. The smallest absolute Gasteiger partial charge is 0.0942 e. The van der Waals surface area contributed by atoms with Gasteiger partial charge in [0.1, 0.15) is 0 Å². The van der Waals surface area contributed by atoms with E-state index in [1.807, 2.05) is 48.5 Å². The van der Waals surface area contributed by atoms with Crippen molar-refractivity contribution in [1.82, 2.24) is 10.3 Å². The molecule has 0 saturated heterocycles. The number of aromatic nitrogens is 1. The number of azo groups is 1. The molecule has 3 rings (SSSR count).